The lowest BCUT2D eigenvalue weighted by atomic mass is 10.0. The first-order valence-corrected chi connectivity index (χ1v) is 10.4. The summed E-state index contributed by atoms with van der Waals surface area (Å²) < 4.78 is 11.2. The molecule has 2 saturated heterocycles. The summed E-state index contributed by atoms with van der Waals surface area (Å²) in [5.74, 6) is 1.95. The monoisotopic (exact) mass is 518 g/mol. The van der Waals surface area contributed by atoms with Crippen molar-refractivity contribution < 1.29 is 14.6 Å². The Balaban J connectivity index is 0.00000300. The number of nitrogens with one attached hydrogen (secondary N) is 1. The van der Waals surface area contributed by atoms with Gasteiger partial charge in [-0.15, -0.1) is 24.0 Å². The molecule has 8 heteroatoms. The Morgan fingerprint density at radius 1 is 1.21 bits per heavy atom. The zero-order valence-electron chi connectivity index (χ0n) is 17.4. The molecule has 29 heavy (non-hydrogen) atoms. The van der Waals surface area contributed by atoms with Crippen molar-refractivity contribution in [1.29, 1.82) is 0 Å². The van der Waals surface area contributed by atoms with Crippen molar-refractivity contribution >= 4 is 35.6 Å². The molecule has 164 valence electrons. The van der Waals surface area contributed by atoms with Crippen LogP contribution in [0.25, 0.3) is 0 Å². The second kappa shape index (κ2) is 13.1. The van der Waals surface area contributed by atoms with Crippen molar-refractivity contribution in [2.45, 2.75) is 19.3 Å². The lowest BCUT2D eigenvalue weighted by molar-refractivity contribution is 0.0203. The molecule has 7 nitrogen and oxygen atoms in total. The summed E-state index contributed by atoms with van der Waals surface area (Å²) >= 11 is 0. The first kappa shape index (κ1) is 24.0. The van der Waals surface area contributed by atoms with Crippen molar-refractivity contribution in [2.24, 2.45) is 10.9 Å². The average molecular weight is 518 g/mol. The standard InChI is InChI=1S/C21H34N4O3.HI/c1-22-21(23-9-4-14-28-17-18-7-15-27-16-8-18)25-12-10-24(11-13-25)19-5-2-3-6-20(19)26;/h2-3,5-6,18,26H,4,7-17H2,1H3,(H,22,23);1H. The summed E-state index contributed by atoms with van der Waals surface area (Å²) in [6.45, 7) is 7.75. The van der Waals surface area contributed by atoms with Crippen molar-refractivity contribution in [3.8, 4) is 5.75 Å². The summed E-state index contributed by atoms with van der Waals surface area (Å²) in [6.07, 6.45) is 3.22. The number of aliphatic imine (C=N–C) groups is 1. The van der Waals surface area contributed by atoms with Gasteiger partial charge in [0.05, 0.1) is 5.69 Å². The molecule has 0 radical (unpaired) electrons. The van der Waals surface area contributed by atoms with Crippen molar-refractivity contribution in [2.75, 3.05) is 71.1 Å². The summed E-state index contributed by atoms with van der Waals surface area (Å²) in [5, 5.41) is 13.5. The normalized spacial score (nSPS) is 18.4. The Morgan fingerprint density at radius 2 is 1.93 bits per heavy atom. The van der Waals surface area contributed by atoms with Gasteiger partial charge in [0.15, 0.2) is 5.96 Å². The first-order chi connectivity index (χ1) is 13.8. The van der Waals surface area contributed by atoms with E-state index in [2.05, 4.69) is 20.1 Å². The topological polar surface area (TPSA) is 69.6 Å². The summed E-state index contributed by atoms with van der Waals surface area (Å²) in [4.78, 5) is 8.93. The molecule has 0 spiro atoms. The number of aromatic hydroxyl groups is 1. The van der Waals surface area contributed by atoms with Gasteiger partial charge in [0.25, 0.3) is 0 Å². The van der Waals surface area contributed by atoms with Crippen LogP contribution in [0.1, 0.15) is 19.3 Å². The van der Waals surface area contributed by atoms with E-state index in [4.69, 9.17) is 9.47 Å². The lowest BCUT2D eigenvalue weighted by Gasteiger charge is -2.37. The molecule has 0 aliphatic carbocycles. The van der Waals surface area contributed by atoms with Crippen LogP contribution in [0.3, 0.4) is 0 Å². The fourth-order valence-electron chi connectivity index (χ4n) is 3.76. The Kier molecular flexibility index (Phi) is 10.9. The minimum atomic E-state index is 0. The number of hydrogen-bond donors (Lipinski definition) is 2. The fraction of sp³-hybridized carbons (Fsp3) is 0.667. The molecule has 2 heterocycles. The molecule has 0 aromatic heterocycles. The van der Waals surface area contributed by atoms with Gasteiger partial charge in [0.1, 0.15) is 5.75 Å². The molecular formula is C21H35IN4O3. The van der Waals surface area contributed by atoms with Crippen LogP contribution >= 0.6 is 24.0 Å². The third-order valence-corrected chi connectivity index (χ3v) is 5.46. The van der Waals surface area contributed by atoms with Crippen LogP contribution in [0.2, 0.25) is 0 Å². The maximum atomic E-state index is 10.0. The number of nitrogens with zero attached hydrogens (tertiary/aromatic N) is 3. The van der Waals surface area contributed by atoms with Gasteiger partial charge in [-0.05, 0) is 37.3 Å². The van der Waals surface area contributed by atoms with E-state index < -0.39 is 0 Å². The first-order valence-electron chi connectivity index (χ1n) is 10.4. The molecule has 2 aliphatic rings. The second-order valence-electron chi connectivity index (χ2n) is 7.42. The van der Waals surface area contributed by atoms with E-state index in [0.717, 1.165) is 90.1 Å². The molecule has 1 aromatic rings. The number of phenols is 1. The molecule has 0 bridgehead atoms. The van der Waals surface area contributed by atoms with Gasteiger partial charge in [-0.2, -0.15) is 0 Å². The van der Waals surface area contributed by atoms with Gasteiger partial charge >= 0.3 is 0 Å². The summed E-state index contributed by atoms with van der Waals surface area (Å²) in [6, 6.07) is 7.53. The Hall–Kier alpha value is -1.26. The number of anilines is 1. The van der Waals surface area contributed by atoms with E-state index in [0.29, 0.717) is 11.7 Å². The fourth-order valence-corrected chi connectivity index (χ4v) is 3.76. The van der Waals surface area contributed by atoms with Gasteiger partial charge < -0.3 is 29.7 Å². The highest BCUT2D eigenvalue weighted by atomic mass is 127. The van der Waals surface area contributed by atoms with Crippen LogP contribution in [0.5, 0.6) is 5.75 Å². The third kappa shape index (κ3) is 7.49. The van der Waals surface area contributed by atoms with Crippen molar-refractivity contribution in [1.82, 2.24) is 10.2 Å². The minimum absolute atomic E-state index is 0. The highest BCUT2D eigenvalue weighted by molar-refractivity contribution is 14.0. The number of ether oxygens (including phenoxy) is 2. The SMILES string of the molecule is CN=C(NCCCOCC1CCOCC1)N1CCN(c2ccccc2O)CC1.I. The number of benzene rings is 1. The zero-order valence-corrected chi connectivity index (χ0v) is 19.7. The smallest absolute Gasteiger partial charge is 0.193 e. The molecule has 2 N–H and O–H groups in total. The molecule has 3 rings (SSSR count). The number of hydrogen-bond acceptors (Lipinski definition) is 5. The Labute approximate surface area is 191 Å². The third-order valence-electron chi connectivity index (χ3n) is 5.46. The molecule has 0 unspecified atom stereocenters. The van der Waals surface area contributed by atoms with Crippen LogP contribution < -0.4 is 10.2 Å². The molecule has 1 aromatic carbocycles. The predicted molar refractivity (Wildman–Crippen MR) is 128 cm³/mol. The number of phenolic OH excluding ortho intramolecular Hbond substituents is 1. The summed E-state index contributed by atoms with van der Waals surface area (Å²) in [7, 11) is 1.83. The highest BCUT2D eigenvalue weighted by Gasteiger charge is 2.21. The maximum absolute atomic E-state index is 10.0. The largest absolute Gasteiger partial charge is 0.506 e. The van der Waals surface area contributed by atoms with E-state index in [-0.39, 0.29) is 24.0 Å². The van der Waals surface area contributed by atoms with Crippen molar-refractivity contribution in [3.63, 3.8) is 0 Å². The van der Waals surface area contributed by atoms with Gasteiger partial charge in [-0.1, -0.05) is 12.1 Å². The number of halogens is 1. The lowest BCUT2D eigenvalue weighted by Crippen LogP contribution is -2.52. The van der Waals surface area contributed by atoms with Gasteiger partial charge in [-0.3, -0.25) is 4.99 Å². The Bertz CT molecular complexity index is 618. The molecular weight excluding hydrogens is 483 g/mol. The average Bonchev–Trinajstić information content (AvgIpc) is 2.75. The zero-order chi connectivity index (χ0) is 19.6. The number of para-hydroxylation sites is 2. The highest BCUT2D eigenvalue weighted by Crippen LogP contribution is 2.27. The van der Waals surface area contributed by atoms with Gasteiger partial charge in [-0.25, -0.2) is 0 Å². The van der Waals surface area contributed by atoms with Crippen LogP contribution in [0, 0.1) is 5.92 Å². The van der Waals surface area contributed by atoms with E-state index in [1.54, 1.807) is 6.07 Å². The molecule has 0 amide bonds. The minimum Gasteiger partial charge on any atom is -0.506 e. The second-order valence-corrected chi connectivity index (χ2v) is 7.42. The van der Waals surface area contributed by atoms with E-state index in [1.807, 2.05) is 25.2 Å². The van der Waals surface area contributed by atoms with Gasteiger partial charge in [0, 0.05) is 66.2 Å². The number of piperazine rings is 1. The van der Waals surface area contributed by atoms with Crippen LogP contribution in [0.15, 0.2) is 29.3 Å². The molecule has 0 atom stereocenters. The van der Waals surface area contributed by atoms with Crippen LogP contribution in [-0.4, -0.2) is 82.2 Å². The Morgan fingerprint density at radius 3 is 2.62 bits per heavy atom. The van der Waals surface area contributed by atoms with Crippen LogP contribution in [-0.2, 0) is 9.47 Å². The van der Waals surface area contributed by atoms with Gasteiger partial charge in [0.2, 0.25) is 0 Å². The number of rotatable bonds is 7. The molecule has 0 saturated carbocycles. The maximum Gasteiger partial charge on any atom is 0.193 e. The van der Waals surface area contributed by atoms with E-state index in [9.17, 15) is 5.11 Å². The molecule has 2 fully saturated rings. The van der Waals surface area contributed by atoms with Crippen molar-refractivity contribution in [3.05, 3.63) is 24.3 Å². The summed E-state index contributed by atoms with van der Waals surface area (Å²) in [5.41, 5.74) is 0.909. The number of guanidine groups is 1. The van der Waals surface area contributed by atoms with E-state index in [1.165, 1.54) is 0 Å². The quantitative estimate of drug-likeness (QED) is 0.250. The van der Waals surface area contributed by atoms with E-state index >= 15 is 0 Å². The van der Waals surface area contributed by atoms with Crippen LogP contribution in [0.4, 0.5) is 5.69 Å². The predicted octanol–water partition coefficient (Wildman–Crippen LogP) is 2.54. The molecule has 2 aliphatic heterocycles.